The summed E-state index contributed by atoms with van der Waals surface area (Å²) in [6.07, 6.45) is 45.2. The lowest BCUT2D eigenvalue weighted by Gasteiger charge is -2.40. The Morgan fingerprint density at radius 3 is 1.51 bits per heavy atom. The van der Waals surface area contributed by atoms with Gasteiger partial charge in [-0.25, -0.2) is 0 Å². The number of carbonyl (C=O) groups excluding carboxylic acids is 1. The van der Waals surface area contributed by atoms with E-state index < -0.39 is 49.5 Å². The molecular weight excluding hydrogens is 743 g/mol. The highest BCUT2D eigenvalue weighted by molar-refractivity contribution is 5.76. The standard InChI is InChI=1S/C50H91NO8/c1-3-5-7-9-10-11-12-13-14-15-16-17-18-19-20-21-22-23-24-25-26-27-28-29-30-31-32-33-34-36-38-40-46(54)51-43(44(53)39-37-35-8-6-4-2)42-58-50-49(57)48(56)47(55)45(41-52)59-50/h12-13,15-16,18-19,37,39,43-45,47-50,52-53,55-57H,3-11,14,17,20-36,38,40-42H2,1-2H3,(H,51,54)/b13-12-,16-15-,19-18-,39-37+. The molecule has 0 bridgehead atoms. The zero-order valence-corrected chi connectivity index (χ0v) is 37.7. The van der Waals surface area contributed by atoms with E-state index in [-0.39, 0.29) is 12.5 Å². The molecule has 9 heteroatoms. The molecule has 7 atom stereocenters. The molecule has 1 saturated heterocycles. The van der Waals surface area contributed by atoms with Crippen LogP contribution in [0.3, 0.4) is 0 Å². The molecule has 1 fully saturated rings. The summed E-state index contributed by atoms with van der Waals surface area (Å²) in [5.41, 5.74) is 0. The first kappa shape index (κ1) is 55.2. The number of rotatable bonds is 40. The molecule has 0 aliphatic carbocycles. The van der Waals surface area contributed by atoms with Crippen molar-refractivity contribution in [1.29, 1.82) is 0 Å². The minimum absolute atomic E-state index is 0.185. The molecule has 1 aliphatic rings. The Bertz CT molecular complexity index is 1060. The van der Waals surface area contributed by atoms with E-state index in [1.807, 2.05) is 6.08 Å². The second-order valence-corrected chi connectivity index (χ2v) is 16.9. The van der Waals surface area contributed by atoms with Crippen molar-refractivity contribution in [3.8, 4) is 0 Å². The van der Waals surface area contributed by atoms with Crippen LogP contribution in [0.25, 0.3) is 0 Å². The Balaban J connectivity index is 2.05. The van der Waals surface area contributed by atoms with E-state index in [0.29, 0.717) is 6.42 Å². The fraction of sp³-hybridized carbons (Fsp3) is 0.820. The van der Waals surface area contributed by atoms with Gasteiger partial charge in [-0.1, -0.05) is 191 Å². The molecule has 6 N–H and O–H groups in total. The topological polar surface area (TPSA) is 149 Å². The molecule has 1 heterocycles. The molecule has 59 heavy (non-hydrogen) atoms. The number of aliphatic hydroxyl groups excluding tert-OH is 5. The summed E-state index contributed by atoms with van der Waals surface area (Å²) in [6.45, 7) is 3.64. The molecule has 0 aromatic carbocycles. The van der Waals surface area contributed by atoms with Crippen molar-refractivity contribution in [2.24, 2.45) is 0 Å². The van der Waals surface area contributed by atoms with Gasteiger partial charge in [0.25, 0.3) is 0 Å². The van der Waals surface area contributed by atoms with Crippen molar-refractivity contribution in [3.05, 3.63) is 48.6 Å². The van der Waals surface area contributed by atoms with Crippen LogP contribution in [0.4, 0.5) is 0 Å². The molecule has 344 valence electrons. The van der Waals surface area contributed by atoms with E-state index in [0.717, 1.165) is 57.8 Å². The Labute approximate surface area is 361 Å². The summed E-state index contributed by atoms with van der Waals surface area (Å²) in [6, 6.07) is -0.800. The van der Waals surface area contributed by atoms with Gasteiger partial charge in [0.2, 0.25) is 5.91 Å². The quantitative estimate of drug-likeness (QED) is 0.0264. The molecule has 0 saturated carbocycles. The predicted octanol–water partition coefficient (Wildman–Crippen LogP) is 10.6. The normalized spacial score (nSPS) is 21.1. The second-order valence-electron chi connectivity index (χ2n) is 16.9. The maximum atomic E-state index is 12.9. The lowest BCUT2D eigenvalue weighted by atomic mass is 9.99. The van der Waals surface area contributed by atoms with Gasteiger partial charge < -0.3 is 40.3 Å². The molecule has 0 aromatic rings. The number of nitrogens with one attached hydrogen (secondary N) is 1. The molecule has 7 unspecified atom stereocenters. The Kier molecular flexibility index (Phi) is 37.6. The van der Waals surface area contributed by atoms with E-state index in [9.17, 15) is 30.3 Å². The van der Waals surface area contributed by atoms with Crippen molar-refractivity contribution in [2.75, 3.05) is 13.2 Å². The van der Waals surface area contributed by atoms with Crippen LogP contribution in [-0.4, -0.2) is 87.5 Å². The summed E-state index contributed by atoms with van der Waals surface area (Å²) in [5, 5.41) is 53.7. The largest absolute Gasteiger partial charge is 0.394 e. The van der Waals surface area contributed by atoms with Gasteiger partial charge in [-0.15, -0.1) is 0 Å². The molecule has 0 spiro atoms. The van der Waals surface area contributed by atoms with Crippen molar-refractivity contribution in [2.45, 2.75) is 249 Å². The molecule has 9 nitrogen and oxygen atoms in total. The number of amides is 1. The van der Waals surface area contributed by atoms with Gasteiger partial charge in [-0.3, -0.25) is 4.79 Å². The molecule has 1 amide bonds. The number of aliphatic hydroxyl groups is 5. The zero-order chi connectivity index (χ0) is 43.0. The average Bonchev–Trinajstić information content (AvgIpc) is 3.23. The molecule has 1 aliphatic heterocycles. The number of ether oxygens (including phenoxy) is 2. The third-order valence-electron chi connectivity index (χ3n) is 11.4. The van der Waals surface area contributed by atoms with Crippen LogP contribution in [0.15, 0.2) is 48.6 Å². The first-order valence-electron chi connectivity index (χ1n) is 24.4. The first-order chi connectivity index (χ1) is 28.8. The van der Waals surface area contributed by atoms with Gasteiger partial charge in [0.15, 0.2) is 6.29 Å². The lowest BCUT2D eigenvalue weighted by molar-refractivity contribution is -0.302. The lowest BCUT2D eigenvalue weighted by Crippen LogP contribution is -2.60. The van der Waals surface area contributed by atoms with Crippen LogP contribution in [0.2, 0.25) is 0 Å². The monoisotopic (exact) mass is 834 g/mol. The minimum Gasteiger partial charge on any atom is -0.394 e. The highest BCUT2D eigenvalue weighted by atomic mass is 16.7. The van der Waals surface area contributed by atoms with Gasteiger partial charge >= 0.3 is 0 Å². The highest BCUT2D eigenvalue weighted by Crippen LogP contribution is 2.22. The Morgan fingerprint density at radius 1 is 0.576 bits per heavy atom. The zero-order valence-electron chi connectivity index (χ0n) is 37.7. The number of allylic oxidation sites excluding steroid dienone is 7. The van der Waals surface area contributed by atoms with Gasteiger partial charge in [0, 0.05) is 6.42 Å². The molecule has 1 rings (SSSR count). The van der Waals surface area contributed by atoms with Crippen molar-refractivity contribution >= 4 is 5.91 Å². The predicted molar refractivity (Wildman–Crippen MR) is 244 cm³/mol. The van der Waals surface area contributed by atoms with Crippen molar-refractivity contribution < 1.29 is 39.8 Å². The molecular formula is C50H91NO8. The number of hydrogen-bond donors (Lipinski definition) is 6. The van der Waals surface area contributed by atoms with Crippen LogP contribution in [-0.2, 0) is 14.3 Å². The molecule has 0 aromatic heterocycles. The third-order valence-corrected chi connectivity index (χ3v) is 11.4. The van der Waals surface area contributed by atoms with Gasteiger partial charge in [-0.05, 0) is 57.8 Å². The summed E-state index contributed by atoms with van der Waals surface area (Å²) in [4.78, 5) is 12.9. The third kappa shape index (κ3) is 30.8. The van der Waals surface area contributed by atoms with E-state index >= 15 is 0 Å². The first-order valence-corrected chi connectivity index (χ1v) is 24.4. The van der Waals surface area contributed by atoms with Crippen LogP contribution < -0.4 is 5.32 Å². The summed E-state index contributed by atoms with van der Waals surface area (Å²) < 4.78 is 11.1. The molecule has 0 radical (unpaired) electrons. The van der Waals surface area contributed by atoms with E-state index in [4.69, 9.17) is 9.47 Å². The van der Waals surface area contributed by atoms with Crippen molar-refractivity contribution in [1.82, 2.24) is 5.32 Å². The van der Waals surface area contributed by atoms with Crippen LogP contribution in [0.5, 0.6) is 0 Å². The fourth-order valence-corrected chi connectivity index (χ4v) is 7.46. The highest BCUT2D eigenvalue weighted by Gasteiger charge is 2.44. The maximum absolute atomic E-state index is 12.9. The van der Waals surface area contributed by atoms with E-state index in [1.54, 1.807) is 6.08 Å². The number of unbranched alkanes of at least 4 members (excludes halogenated alkanes) is 24. The SMILES string of the molecule is CCCCC/C=C/C(O)C(COC1OC(CO)C(O)C(O)C1O)NC(=O)CCCCCCCCCCCCCCCCCC/C=C\C/C=C\C/C=C\CCCCCCC. The Hall–Kier alpha value is -1.85. The smallest absolute Gasteiger partial charge is 0.220 e. The van der Waals surface area contributed by atoms with E-state index in [1.165, 1.54) is 128 Å². The van der Waals surface area contributed by atoms with E-state index in [2.05, 4.69) is 55.6 Å². The average molecular weight is 834 g/mol. The van der Waals surface area contributed by atoms with Gasteiger partial charge in [0.05, 0.1) is 25.4 Å². The van der Waals surface area contributed by atoms with Crippen molar-refractivity contribution in [3.63, 3.8) is 0 Å². The van der Waals surface area contributed by atoms with Crippen LogP contribution in [0.1, 0.15) is 206 Å². The maximum Gasteiger partial charge on any atom is 0.220 e. The number of hydrogen-bond acceptors (Lipinski definition) is 8. The summed E-state index contributed by atoms with van der Waals surface area (Å²) in [7, 11) is 0. The fourth-order valence-electron chi connectivity index (χ4n) is 7.46. The Morgan fingerprint density at radius 2 is 1.00 bits per heavy atom. The second kappa shape index (κ2) is 40.2. The number of carbonyl (C=O) groups is 1. The summed E-state index contributed by atoms with van der Waals surface area (Å²) in [5.74, 6) is -0.185. The summed E-state index contributed by atoms with van der Waals surface area (Å²) >= 11 is 0. The van der Waals surface area contributed by atoms with Crippen LogP contribution >= 0.6 is 0 Å². The van der Waals surface area contributed by atoms with Crippen LogP contribution in [0, 0.1) is 0 Å². The van der Waals surface area contributed by atoms with Gasteiger partial charge in [-0.2, -0.15) is 0 Å². The van der Waals surface area contributed by atoms with Gasteiger partial charge in [0.1, 0.15) is 24.4 Å². The minimum atomic E-state index is -1.56.